The van der Waals surface area contributed by atoms with Crippen LogP contribution >= 0.6 is 0 Å². The van der Waals surface area contributed by atoms with Crippen molar-refractivity contribution in [3.05, 3.63) is 65.3 Å². The first-order chi connectivity index (χ1) is 13.1. The van der Waals surface area contributed by atoms with Crippen LogP contribution in [0.2, 0.25) is 0 Å². The maximum atomic E-state index is 5.95. The van der Waals surface area contributed by atoms with Gasteiger partial charge in [-0.25, -0.2) is 0 Å². The van der Waals surface area contributed by atoms with Gasteiger partial charge in [0.05, 0.1) is 6.54 Å². The molecule has 2 aromatic heterocycles. The van der Waals surface area contributed by atoms with E-state index in [4.69, 9.17) is 4.42 Å². The standard InChI is InChI=1S/C23H30N4O/c1-22(2,3)18-11-17(12-19(13-18)23(4,5)6)21-27-26-20(28-21)15-25-14-16-7-9-24-10-8-16/h7-13,25H,14-15H2,1-6H3. The summed E-state index contributed by atoms with van der Waals surface area (Å²) in [5.41, 5.74) is 4.78. The van der Waals surface area contributed by atoms with Gasteiger partial charge in [0.25, 0.3) is 0 Å². The highest BCUT2D eigenvalue weighted by Crippen LogP contribution is 2.33. The molecule has 0 atom stereocenters. The molecule has 0 aliphatic rings. The van der Waals surface area contributed by atoms with Gasteiger partial charge >= 0.3 is 0 Å². The Kier molecular flexibility index (Phi) is 5.66. The average molecular weight is 379 g/mol. The fourth-order valence-corrected chi connectivity index (χ4v) is 2.87. The first-order valence-corrected chi connectivity index (χ1v) is 9.71. The van der Waals surface area contributed by atoms with E-state index in [1.807, 2.05) is 12.1 Å². The predicted octanol–water partition coefficient (Wildman–Crippen LogP) is 5.02. The number of rotatable bonds is 5. The smallest absolute Gasteiger partial charge is 0.247 e. The average Bonchev–Trinajstić information content (AvgIpc) is 3.10. The summed E-state index contributed by atoms with van der Waals surface area (Å²) in [5.74, 6) is 1.15. The number of nitrogens with one attached hydrogen (secondary N) is 1. The quantitative estimate of drug-likeness (QED) is 0.675. The fourth-order valence-electron chi connectivity index (χ4n) is 2.87. The lowest BCUT2D eigenvalue weighted by Gasteiger charge is -2.25. The molecule has 3 rings (SSSR count). The van der Waals surface area contributed by atoms with Gasteiger partial charge in [-0.3, -0.25) is 4.98 Å². The number of nitrogens with zero attached hydrogens (tertiary/aromatic N) is 3. The molecule has 0 bridgehead atoms. The molecule has 0 fully saturated rings. The second kappa shape index (κ2) is 7.84. The van der Waals surface area contributed by atoms with E-state index in [0.717, 1.165) is 12.1 Å². The van der Waals surface area contributed by atoms with Crippen LogP contribution in [0.25, 0.3) is 11.5 Å². The van der Waals surface area contributed by atoms with E-state index in [1.54, 1.807) is 12.4 Å². The SMILES string of the molecule is CC(C)(C)c1cc(-c2nnc(CNCc3ccncc3)o2)cc(C(C)(C)C)c1. The van der Waals surface area contributed by atoms with Crippen LogP contribution in [-0.4, -0.2) is 15.2 Å². The predicted molar refractivity (Wildman–Crippen MR) is 112 cm³/mol. The molecule has 0 unspecified atom stereocenters. The molecule has 0 spiro atoms. The summed E-state index contributed by atoms with van der Waals surface area (Å²) in [6, 6.07) is 10.6. The van der Waals surface area contributed by atoms with Gasteiger partial charge in [0.15, 0.2) is 0 Å². The summed E-state index contributed by atoms with van der Waals surface area (Å²) in [4.78, 5) is 4.03. The second-order valence-electron chi connectivity index (χ2n) is 9.26. The third kappa shape index (κ3) is 5.04. The Bertz CT molecular complexity index is 886. The topological polar surface area (TPSA) is 63.8 Å². The Labute approximate surface area is 167 Å². The van der Waals surface area contributed by atoms with Crippen LogP contribution in [0.15, 0.2) is 47.1 Å². The molecule has 0 saturated carbocycles. The lowest BCUT2D eigenvalue weighted by molar-refractivity contribution is 0.477. The Balaban J connectivity index is 1.80. The number of aromatic nitrogens is 3. The number of hydrogen-bond acceptors (Lipinski definition) is 5. The van der Waals surface area contributed by atoms with Gasteiger partial charge in [-0.1, -0.05) is 47.6 Å². The number of hydrogen-bond donors (Lipinski definition) is 1. The molecule has 1 N–H and O–H groups in total. The van der Waals surface area contributed by atoms with Crippen molar-refractivity contribution in [1.29, 1.82) is 0 Å². The monoisotopic (exact) mass is 378 g/mol. The second-order valence-corrected chi connectivity index (χ2v) is 9.26. The molecule has 148 valence electrons. The third-order valence-electron chi connectivity index (χ3n) is 4.73. The molecule has 0 aliphatic carbocycles. The molecule has 5 nitrogen and oxygen atoms in total. The molecule has 5 heteroatoms. The highest BCUT2D eigenvalue weighted by molar-refractivity contribution is 5.57. The molecular formula is C23H30N4O. The highest BCUT2D eigenvalue weighted by atomic mass is 16.4. The van der Waals surface area contributed by atoms with Gasteiger partial charge in [-0.05, 0) is 51.8 Å². The van der Waals surface area contributed by atoms with Crippen molar-refractivity contribution in [2.45, 2.75) is 65.5 Å². The summed E-state index contributed by atoms with van der Waals surface area (Å²) < 4.78 is 5.95. The third-order valence-corrected chi connectivity index (χ3v) is 4.73. The van der Waals surface area contributed by atoms with Gasteiger partial charge < -0.3 is 9.73 Å². The first kappa shape index (κ1) is 20.2. The van der Waals surface area contributed by atoms with Crippen molar-refractivity contribution >= 4 is 0 Å². The number of benzene rings is 1. The maximum absolute atomic E-state index is 5.95. The summed E-state index contributed by atoms with van der Waals surface area (Å²) in [5, 5.41) is 11.8. The summed E-state index contributed by atoms with van der Waals surface area (Å²) in [6.45, 7) is 14.6. The molecule has 1 aromatic carbocycles. The van der Waals surface area contributed by atoms with E-state index in [0.29, 0.717) is 18.3 Å². The van der Waals surface area contributed by atoms with E-state index in [-0.39, 0.29) is 10.8 Å². The molecule has 0 aliphatic heterocycles. The zero-order valence-corrected chi connectivity index (χ0v) is 17.7. The Morgan fingerprint density at radius 3 is 2.00 bits per heavy atom. The lowest BCUT2D eigenvalue weighted by Crippen LogP contribution is -2.16. The lowest BCUT2D eigenvalue weighted by atomic mass is 9.79. The van der Waals surface area contributed by atoms with Gasteiger partial charge in [0.1, 0.15) is 0 Å². The van der Waals surface area contributed by atoms with Crippen LogP contribution in [0.1, 0.15) is 64.1 Å². The Morgan fingerprint density at radius 1 is 0.821 bits per heavy atom. The van der Waals surface area contributed by atoms with Gasteiger partial charge in [0.2, 0.25) is 11.8 Å². The van der Waals surface area contributed by atoms with Crippen molar-refractivity contribution in [3.63, 3.8) is 0 Å². The van der Waals surface area contributed by atoms with Crippen molar-refractivity contribution in [1.82, 2.24) is 20.5 Å². The largest absolute Gasteiger partial charge is 0.419 e. The fraction of sp³-hybridized carbons (Fsp3) is 0.435. The van der Waals surface area contributed by atoms with E-state index in [2.05, 4.69) is 80.2 Å². The molecule has 0 saturated heterocycles. The zero-order chi connectivity index (χ0) is 20.4. The molecule has 28 heavy (non-hydrogen) atoms. The van der Waals surface area contributed by atoms with Gasteiger partial charge in [0, 0.05) is 24.5 Å². The van der Waals surface area contributed by atoms with Crippen molar-refractivity contribution in [3.8, 4) is 11.5 Å². The minimum atomic E-state index is 0.0466. The van der Waals surface area contributed by atoms with Crippen molar-refractivity contribution in [2.75, 3.05) is 0 Å². The summed E-state index contributed by atoms with van der Waals surface area (Å²) in [7, 11) is 0. The Morgan fingerprint density at radius 2 is 1.43 bits per heavy atom. The Hall–Kier alpha value is -2.53. The van der Waals surface area contributed by atoms with Gasteiger partial charge in [-0.2, -0.15) is 0 Å². The zero-order valence-electron chi connectivity index (χ0n) is 17.7. The molecule has 3 aromatic rings. The van der Waals surface area contributed by atoms with Gasteiger partial charge in [-0.15, -0.1) is 10.2 Å². The first-order valence-electron chi connectivity index (χ1n) is 9.71. The minimum Gasteiger partial charge on any atom is -0.419 e. The van der Waals surface area contributed by atoms with E-state index >= 15 is 0 Å². The molecule has 0 radical (unpaired) electrons. The van der Waals surface area contributed by atoms with Crippen molar-refractivity contribution < 1.29 is 4.42 Å². The number of pyridine rings is 1. The highest BCUT2D eigenvalue weighted by Gasteiger charge is 2.22. The molecule has 2 heterocycles. The summed E-state index contributed by atoms with van der Waals surface area (Å²) >= 11 is 0. The minimum absolute atomic E-state index is 0.0466. The van der Waals surface area contributed by atoms with Crippen LogP contribution < -0.4 is 5.32 Å². The molecule has 0 amide bonds. The van der Waals surface area contributed by atoms with Crippen LogP contribution in [0, 0.1) is 0 Å². The van der Waals surface area contributed by atoms with E-state index in [9.17, 15) is 0 Å². The molecular weight excluding hydrogens is 348 g/mol. The van der Waals surface area contributed by atoms with Crippen molar-refractivity contribution in [2.24, 2.45) is 0 Å². The van der Waals surface area contributed by atoms with Crippen LogP contribution in [0.4, 0.5) is 0 Å². The van der Waals surface area contributed by atoms with Crippen LogP contribution in [-0.2, 0) is 23.9 Å². The van der Waals surface area contributed by atoms with E-state index < -0.39 is 0 Å². The van der Waals surface area contributed by atoms with Crippen LogP contribution in [0.5, 0.6) is 0 Å². The van der Waals surface area contributed by atoms with E-state index in [1.165, 1.54) is 16.7 Å². The maximum Gasteiger partial charge on any atom is 0.247 e. The van der Waals surface area contributed by atoms with Crippen LogP contribution in [0.3, 0.4) is 0 Å². The summed E-state index contributed by atoms with van der Waals surface area (Å²) in [6.07, 6.45) is 3.58. The normalized spacial score (nSPS) is 12.4.